The topological polar surface area (TPSA) is 46.2 Å². The highest BCUT2D eigenvalue weighted by Gasteiger charge is 2.26. The number of amides is 2. The minimum absolute atomic E-state index is 0.235. The summed E-state index contributed by atoms with van der Waals surface area (Å²) in [6.45, 7) is 0. The van der Waals surface area contributed by atoms with E-state index in [4.69, 9.17) is 23.2 Å². The van der Waals surface area contributed by atoms with E-state index >= 15 is 0 Å². The third-order valence-corrected chi connectivity index (χ3v) is 3.73. The van der Waals surface area contributed by atoms with Crippen LogP contribution in [0.15, 0.2) is 70.7 Å². The van der Waals surface area contributed by atoms with Crippen molar-refractivity contribution in [2.24, 2.45) is 0 Å². The Balaban J connectivity index is 0.000000172. The van der Waals surface area contributed by atoms with Crippen LogP contribution < -0.4 is 5.32 Å². The van der Waals surface area contributed by atoms with E-state index in [2.05, 4.69) is 60.7 Å². The SMILES string of the molecule is O=C1NC(=O)C(Cl)=C1Cl.c1ccc(Cc2ccccc2)cc1. The quantitative estimate of drug-likeness (QED) is 0.853. The Labute approximate surface area is 138 Å². The van der Waals surface area contributed by atoms with Gasteiger partial charge in [0.15, 0.2) is 0 Å². The van der Waals surface area contributed by atoms with Crippen molar-refractivity contribution in [1.29, 1.82) is 0 Å². The molecule has 1 aliphatic rings. The number of carbonyl (C=O) groups is 2. The molecular weight excluding hydrogens is 321 g/mol. The first kappa shape index (κ1) is 16.3. The number of hydrogen-bond acceptors (Lipinski definition) is 2. The average molecular weight is 334 g/mol. The molecule has 2 amide bonds. The predicted molar refractivity (Wildman–Crippen MR) is 87.6 cm³/mol. The molecule has 0 saturated carbocycles. The van der Waals surface area contributed by atoms with Gasteiger partial charge in [-0.25, -0.2) is 0 Å². The second-order valence-corrected chi connectivity index (χ2v) is 5.32. The third-order valence-electron chi connectivity index (χ3n) is 2.91. The Kier molecular flexibility index (Phi) is 5.75. The van der Waals surface area contributed by atoms with Crippen LogP contribution in [0.1, 0.15) is 11.1 Å². The molecule has 0 fully saturated rings. The molecule has 112 valence electrons. The maximum Gasteiger partial charge on any atom is 0.271 e. The average Bonchev–Trinajstić information content (AvgIpc) is 2.76. The van der Waals surface area contributed by atoms with Crippen LogP contribution in [-0.2, 0) is 16.0 Å². The summed E-state index contributed by atoms with van der Waals surface area (Å²) in [6, 6.07) is 21.1. The number of carbonyl (C=O) groups excluding carboxylic acids is 2. The van der Waals surface area contributed by atoms with Crippen LogP contribution in [0, 0.1) is 0 Å². The summed E-state index contributed by atoms with van der Waals surface area (Å²) in [7, 11) is 0. The zero-order chi connectivity index (χ0) is 15.9. The molecule has 0 bridgehead atoms. The van der Waals surface area contributed by atoms with Crippen LogP contribution in [0.5, 0.6) is 0 Å². The third kappa shape index (κ3) is 4.45. The van der Waals surface area contributed by atoms with Crippen LogP contribution in [-0.4, -0.2) is 11.8 Å². The minimum Gasteiger partial charge on any atom is -0.287 e. The second-order valence-electron chi connectivity index (χ2n) is 4.56. The van der Waals surface area contributed by atoms with Gasteiger partial charge in [0, 0.05) is 0 Å². The molecule has 2 aromatic rings. The summed E-state index contributed by atoms with van der Waals surface area (Å²) in [5.41, 5.74) is 2.74. The lowest BCUT2D eigenvalue weighted by Gasteiger charge is -2.00. The lowest BCUT2D eigenvalue weighted by Crippen LogP contribution is -2.21. The highest BCUT2D eigenvalue weighted by molar-refractivity contribution is 6.58. The molecule has 1 aliphatic heterocycles. The second kappa shape index (κ2) is 7.78. The van der Waals surface area contributed by atoms with E-state index in [-0.39, 0.29) is 10.1 Å². The molecule has 3 nitrogen and oxygen atoms in total. The molecule has 0 spiro atoms. The summed E-state index contributed by atoms with van der Waals surface area (Å²) in [5.74, 6) is -1.27. The normalized spacial score (nSPS) is 13.5. The van der Waals surface area contributed by atoms with Crippen molar-refractivity contribution in [1.82, 2.24) is 5.32 Å². The Morgan fingerprint density at radius 3 is 1.32 bits per heavy atom. The standard InChI is InChI=1S/C13H12.C4HCl2NO2/c1-3-7-12(8-4-1)11-13-9-5-2-6-10-13;5-1-2(6)4(9)7-3(1)8/h1-10H,11H2;(H,7,8,9). The van der Waals surface area contributed by atoms with Crippen molar-refractivity contribution in [2.75, 3.05) is 0 Å². The van der Waals surface area contributed by atoms with Gasteiger partial charge in [0.2, 0.25) is 0 Å². The molecule has 1 heterocycles. The Bertz CT molecular complexity index is 638. The fourth-order valence-corrected chi connectivity index (χ4v) is 2.11. The van der Waals surface area contributed by atoms with Crippen molar-refractivity contribution in [3.8, 4) is 0 Å². The first-order valence-corrected chi connectivity index (χ1v) is 7.32. The first-order chi connectivity index (χ1) is 10.6. The van der Waals surface area contributed by atoms with Gasteiger partial charge in [-0.1, -0.05) is 83.9 Å². The van der Waals surface area contributed by atoms with Gasteiger partial charge in [0.1, 0.15) is 10.1 Å². The molecule has 2 aromatic carbocycles. The maximum atomic E-state index is 10.4. The van der Waals surface area contributed by atoms with Crippen molar-refractivity contribution in [3.05, 3.63) is 81.9 Å². The fraction of sp³-hybridized carbons (Fsp3) is 0.0588. The van der Waals surface area contributed by atoms with Gasteiger partial charge < -0.3 is 0 Å². The summed E-state index contributed by atoms with van der Waals surface area (Å²) in [4.78, 5) is 20.8. The Hall–Kier alpha value is -2.10. The molecule has 0 saturated heterocycles. The zero-order valence-electron chi connectivity index (χ0n) is 11.6. The van der Waals surface area contributed by atoms with Crippen molar-refractivity contribution >= 4 is 35.0 Å². The van der Waals surface area contributed by atoms with Gasteiger partial charge in [0.25, 0.3) is 11.8 Å². The van der Waals surface area contributed by atoms with E-state index in [0.717, 1.165) is 6.42 Å². The predicted octanol–water partition coefficient (Wildman–Crippen LogP) is 3.61. The largest absolute Gasteiger partial charge is 0.287 e. The molecule has 22 heavy (non-hydrogen) atoms. The lowest BCUT2D eigenvalue weighted by molar-refractivity contribution is -0.123. The highest BCUT2D eigenvalue weighted by atomic mass is 35.5. The fourth-order valence-electron chi connectivity index (χ4n) is 1.84. The molecule has 0 aromatic heterocycles. The van der Waals surface area contributed by atoms with Gasteiger partial charge in [-0.2, -0.15) is 0 Å². The van der Waals surface area contributed by atoms with E-state index in [1.165, 1.54) is 11.1 Å². The summed E-state index contributed by atoms with van der Waals surface area (Å²) in [6.07, 6.45) is 1.03. The molecule has 0 unspecified atom stereocenters. The van der Waals surface area contributed by atoms with E-state index in [0.29, 0.717) is 0 Å². The molecule has 0 atom stereocenters. The first-order valence-electron chi connectivity index (χ1n) is 6.56. The van der Waals surface area contributed by atoms with Gasteiger partial charge in [-0.3, -0.25) is 14.9 Å². The highest BCUT2D eigenvalue weighted by Crippen LogP contribution is 2.18. The van der Waals surface area contributed by atoms with Crippen LogP contribution in [0.25, 0.3) is 0 Å². The molecule has 1 N–H and O–H groups in total. The number of rotatable bonds is 2. The van der Waals surface area contributed by atoms with Gasteiger partial charge in [-0.05, 0) is 17.5 Å². The molecule has 3 rings (SSSR count). The molecular formula is C17H13Cl2NO2. The van der Waals surface area contributed by atoms with Gasteiger partial charge in [0.05, 0.1) is 0 Å². The number of nitrogens with one attached hydrogen (secondary N) is 1. The number of imide groups is 1. The van der Waals surface area contributed by atoms with Crippen LogP contribution in [0.3, 0.4) is 0 Å². The number of benzene rings is 2. The zero-order valence-corrected chi connectivity index (χ0v) is 13.1. The van der Waals surface area contributed by atoms with Crippen molar-refractivity contribution < 1.29 is 9.59 Å². The van der Waals surface area contributed by atoms with Gasteiger partial charge in [-0.15, -0.1) is 0 Å². The summed E-state index contributed by atoms with van der Waals surface area (Å²) < 4.78 is 0. The van der Waals surface area contributed by atoms with Gasteiger partial charge >= 0.3 is 0 Å². The summed E-state index contributed by atoms with van der Waals surface area (Å²) >= 11 is 10.4. The summed E-state index contributed by atoms with van der Waals surface area (Å²) in [5, 5.41) is 1.43. The van der Waals surface area contributed by atoms with Crippen LogP contribution in [0.2, 0.25) is 0 Å². The van der Waals surface area contributed by atoms with Crippen molar-refractivity contribution in [3.63, 3.8) is 0 Å². The van der Waals surface area contributed by atoms with Crippen LogP contribution in [0.4, 0.5) is 0 Å². The van der Waals surface area contributed by atoms with E-state index in [9.17, 15) is 9.59 Å². The van der Waals surface area contributed by atoms with E-state index in [1.54, 1.807) is 0 Å². The van der Waals surface area contributed by atoms with E-state index < -0.39 is 11.8 Å². The van der Waals surface area contributed by atoms with E-state index in [1.807, 2.05) is 5.32 Å². The smallest absolute Gasteiger partial charge is 0.271 e. The molecule has 5 heteroatoms. The Morgan fingerprint density at radius 1 is 0.682 bits per heavy atom. The molecule has 0 radical (unpaired) electrons. The minimum atomic E-state index is -0.633. The lowest BCUT2D eigenvalue weighted by atomic mass is 10.1. The van der Waals surface area contributed by atoms with Crippen LogP contribution >= 0.6 is 23.2 Å². The molecule has 0 aliphatic carbocycles. The monoisotopic (exact) mass is 333 g/mol. The number of halogens is 2. The number of hydrogen-bond donors (Lipinski definition) is 1. The Morgan fingerprint density at radius 2 is 1.05 bits per heavy atom. The maximum absolute atomic E-state index is 10.4. The van der Waals surface area contributed by atoms with Crippen molar-refractivity contribution in [2.45, 2.75) is 6.42 Å².